The van der Waals surface area contributed by atoms with Gasteiger partial charge in [-0.15, -0.1) is 11.3 Å². The molecule has 1 heterocycles. The normalized spacial score (nSPS) is 15.2. The number of thiophene rings is 1. The second kappa shape index (κ2) is 7.14. The van der Waals surface area contributed by atoms with Gasteiger partial charge in [0, 0.05) is 9.75 Å². The topological polar surface area (TPSA) is 40.5 Å². The van der Waals surface area contributed by atoms with Gasteiger partial charge < -0.3 is 10.2 Å². The fourth-order valence-electron chi connectivity index (χ4n) is 2.01. The highest BCUT2D eigenvalue weighted by Gasteiger charge is 2.16. The molecule has 17 heavy (non-hydrogen) atoms. The molecule has 0 amide bonds. The van der Waals surface area contributed by atoms with Gasteiger partial charge in [0.2, 0.25) is 0 Å². The zero-order valence-corrected chi connectivity index (χ0v) is 11.8. The molecule has 2 N–H and O–H groups in total. The quantitative estimate of drug-likeness (QED) is 0.786. The van der Waals surface area contributed by atoms with Gasteiger partial charge in [0.15, 0.2) is 0 Å². The van der Waals surface area contributed by atoms with Crippen LogP contribution in [-0.2, 0) is 6.42 Å². The maximum atomic E-state index is 9.53. The molecule has 2 nitrogen and oxygen atoms in total. The lowest BCUT2D eigenvalue weighted by atomic mass is 9.97. The molecule has 98 valence electrons. The maximum Gasteiger partial charge on any atom is 0.0777 e. The lowest BCUT2D eigenvalue weighted by Crippen LogP contribution is -2.15. The Kier molecular flexibility index (Phi) is 6.17. The van der Waals surface area contributed by atoms with E-state index in [1.807, 2.05) is 11.3 Å². The number of aliphatic hydroxyl groups is 2. The molecule has 0 aliphatic heterocycles. The van der Waals surface area contributed by atoms with Crippen LogP contribution in [0, 0.1) is 5.92 Å². The standard InChI is InChI=1S/C14H24O2S/c1-4-11(8-12(16)9-15)14-6-5-13(17-14)7-10(2)3/h5-6,10-12,15-16H,4,7-9H2,1-3H3. The summed E-state index contributed by atoms with van der Waals surface area (Å²) in [5, 5.41) is 18.4. The zero-order chi connectivity index (χ0) is 12.8. The molecule has 0 aliphatic rings. The van der Waals surface area contributed by atoms with E-state index >= 15 is 0 Å². The Morgan fingerprint density at radius 3 is 2.53 bits per heavy atom. The van der Waals surface area contributed by atoms with Gasteiger partial charge in [0.05, 0.1) is 12.7 Å². The van der Waals surface area contributed by atoms with E-state index < -0.39 is 6.10 Å². The van der Waals surface area contributed by atoms with E-state index in [9.17, 15) is 5.11 Å². The van der Waals surface area contributed by atoms with Crippen LogP contribution in [0.4, 0.5) is 0 Å². The monoisotopic (exact) mass is 256 g/mol. The van der Waals surface area contributed by atoms with Gasteiger partial charge in [-0.25, -0.2) is 0 Å². The van der Waals surface area contributed by atoms with E-state index in [1.165, 1.54) is 9.75 Å². The van der Waals surface area contributed by atoms with Crippen molar-refractivity contribution in [3.05, 3.63) is 21.9 Å². The average molecular weight is 256 g/mol. The summed E-state index contributed by atoms with van der Waals surface area (Å²) in [5.41, 5.74) is 0. The molecule has 1 rings (SSSR count). The molecule has 1 aromatic rings. The number of rotatable bonds is 7. The minimum absolute atomic E-state index is 0.138. The number of hydrogen-bond donors (Lipinski definition) is 2. The molecular weight excluding hydrogens is 232 g/mol. The molecule has 0 spiro atoms. The molecule has 0 saturated carbocycles. The van der Waals surface area contributed by atoms with Gasteiger partial charge in [-0.05, 0) is 43.2 Å². The highest BCUT2D eigenvalue weighted by atomic mass is 32.1. The minimum Gasteiger partial charge on any atom is -0.394 e. The van der Waals surface area contributed by atoms with Gasteiger partial charge >= 0.3 is 0 Å². The van der Waals surface area contributed by atoms with Gasteiger partial charge in [0.1, 0.15) is 0 Å². The van der Waals surface area contributed by atoms with Crippen molar-refractivity contribution >= 4 is 11.3 Å². The Labute approximate surface area is 108 Å². The molecule has 0 aromatic carbocycles. The van der Waals surface area contributed by atoms with Crippen LogP contribution >= 0.6 is 11.3 Å². The van der Waals surface area contributed by atoms with Crippen molar-refractivity contribution in [1.29, 1.82) is 0 Å². The van der Waals surface area contributed by atoms with E-state index in [0.29, 0.717) is 18.3 Å². The summed E-state index contributed by atoms with van der Waals surface area (Å²) < 4.78 is 0. The molecule has 0 aliphatic carbocycles. The van der Waals surface area contributed by atoms with E-state index in [1.54, 1.807) is 0 Å². The summed E-state index contributed by atoms with van der Waals surface area (Å²) in [4.78, 5) is 2.77. The number of aliphatic hydroxyl groups excluding tert-OH is 2. The van der Waals surface area contributed by atoms with Gasteiger partial charge in [-0.2, -0.15) is 0 Å². The van der Waals surface area contributed by atoms with Crippen LogP contribution in [0.5, 0.6) is 0 Å². The molecular formula is C14H24O2S. The minimum atomic E-state index is -0.587. The summed E-state index contributed by atoms with van der Waals surface area (Å²) >= 11 is 1.85. The molecule has 1 aromatic heterocycles. The SMILES string of the molecule is CCC(CC(O)CO)c1ccc(CC(C)C)s1. The van der Waals surface area contributed by atoms with Gasteiger partial charge in [-0.1, -0.05) is 20.8 Å². The van der Waals surface area contributed by atoms with Crippen LogP contribution in [0.3, 0.4) is 0 Å². The Morgan fingerprint density at radius 1 is 1.29 bits per heavy atom. The second-order valence-electron chi connectivity index (χ2n) is 5.08. The molecule has 3 heteroatoms. The molecule has 2 unspecified atom stereocenters. The number of hydrogen-bond acceptors (Lipinski definition) is 3. The summed E-state index contributed by atoms with van der Waals surface area (Å²) in [6, 6.07) is 4.38. The lowest BCUT2D eigenvalue weighted by molar-refractivity contribution is 0.0820. The first-order valence-electron chi connectivity index (χ1n) is 6.44. The van der Waals surface area contributed by atoms with Crippen LogP contribution in [0.25, 0.3) is 0 Å². The predicted molar refractivity (Wildman–Crippen MR) is 73.6 cm³/mol. The van der Waals surface area contributed by atoms with Gasteiger partial charge in [-0.3, -0.25) is 0 Å². The first-order chi connectivity index (χ1) is 8.06. The molecule has 0 fully saturated rings. The van der Waals surface area contributed by atoms with Crippen molar-refractivity contribution < 1.29 is 10.2 Å². The van der Waals surface area contributed by atoms with Crippen LogP contribution in [0.15, 0.2) is 12.1 Å². The predicted octanol–water partition coefficient (Wildman–Crippen LogP) is 3.18. The third-order valence-corrected chi connectivity index (χ3v) is 4.22. The summed E-state index contributed by atoms with van der Waals surface area (Å²) in [6.45, 7) is 6.45. The lowest BCUT2D eigenvalue weighted by Gasteiger charge is -2.16. The molecule has 0 radical (unpaired) electrons. The summed E-state index contributed by atoms with van der Waals surface area (Å²) in [6.07, 6.45) is 2.22. The van der Waals surface area contributed by atoms with Crippen LogP contribution in [-0.4, -0.2) is 22.9 Å². The van der Waals surface area contributed by atoms with Crippen molar-refractivity contribution in [3.8, 4) is 0 Å². The van der Waals surface area contributed by atoms with Crippen molar-refractivity contribution in [3.63, 3.8) is 0 Å². The fraction of sp³-hybridized carbons (Fsp3) is 0.714. The Morgan fingerprint density at radius 2 is 2.00 bits per heavy atom. The Hall–Kier alpha value is -0.380. The van der Waals surface area contributed by atoms with E-state index in [2.05, 4.69) is 32.9 Å². The average Bonchev–Trinajstić information content (AvgIpc) is 2.72. The first kappa shape index (κ1) is 14.7. The van der Waals surface area contributed by atoms with E-state index in [0.717, 1.165) is 12.8 Å². The molecule has 0 saturated heterocycles. The third-order valence-electron chi connectivity index (χ3n) is 2.95. The van der Waals surface area contributed by atoms with Crippen LogP contribution in [0.2, 0.25) is 0 Å². The smallest absolute Gasteiger partial charge is 0.0777 e. The first-order valence-corrected chi connectivity index (χ1v) is 7.26. The largest absolute Gasteiger partial charge is 0.394 e. The molecule has 0 bridgehead atoms. The second-order valence-corrected chi connectivity index (χ2v) is 6.28. The Bertz CT molecular complexity index is 320. The van der Waals surface area contributed by atoms with Crippen molar-refractivity contribution in [2.75, 3.05) is 6.61 Å². The van der Waals surface area contributed by atoms with Crippen molar-refractivity contribution in [2.24, 2.45) is 5.92 Å². The molecule has 2 atom stereocenters. The fourth-order valence-corrected chi connectivity index (χ4v) is 3.43. The van der Waals surface area contributed by atoms with Crippen molar-refractivity contribution in [1.82, 2.24) is 0 Å². The van der Waals surface area contributed by atoms with Crippen molar-refractivity contribution in [2.45, 2.75) is 52.1 Å². The Balaban J connectivity index is 2.65. The summed E-state index contributed by atoms with van der Waals surface area (Å²) in [5.74, 6) is 1.06. The highest BCUT2D eigenvalue weighted by Crippen LogP contribution is 2.31. The van der Waals surface area contributed by atoms with Crippen LogP contribution in [0.1, 0.15) is 49.3 Å². The third kappa shape index (κ3) is 4.78. The van der Waals surface area contributed by atoms with E-state index in [-0.39, 0.29) is 6.61 Å². The van der Waals surface area contributed by atoms with Gasteiger partial charge in [0.25, 0.3) is 0 Å². The zero-order valence-electron chi connectivity index (χ0n) is 11.0. The highest BCUT2D eigenvalue weighted by molar-refractivity contribution is 7.12. The summed E-state index contributed by atoms with van der Waals surface area (Å²) in [7, 11) is 0. The van der Waals surface area contributed by atoms with E-state index in [4.69, 9.17) is 5.11 Å². The maximum absolute atomic E-state index is 9.53. The van der Waals surface area contributed by atoms with Crippen LogP contribution < -0.4 is 0 Å².